The number of aryl methyl sites for hydroxylation is 1. The van der Waals surface area contributed by atoms with E-state index < -0.39 is 4.92 Å². The van der Waals surface area contributed by atoms with Crippen molar-refractivity contribution in [1.82, 2.24) is 10.3 Å². The number of benzene rings is 1. The highest BCUT2D eigenvalue weighted by molar-refractivity contribution is 5.85. The highest BCUT2D eigenvalue weighted by Crippen LogP contribution is 2.26. The number of fused-ring (bicyclic) bond motifs is 1. The van der Waals surface area contributed by atoms with Crippen molar-refractivity contribution in [1.29, 1.82) is 0 Å². The minimum Gasteiger partial charge on any atom is -0.258 e. The summed E-state index contributed by atoms with van der Waals surface area (Å²) in [5.41, 5.74) is 1.73. The van der Waals surface area contributed by atoms with E-state index in [2.05, 4.69) is 17.2 Å². The van der Waals surface area contributed by atoms with E-state index in [-0.39, 0.29) is 11.2 Å². The van der Waals surface area contributed by atoms with E-state index in [0.717, 1.165) is 18.4 Å². The van der Waals surface area contributed by atoms with Crippen LogP contribution < -0.4 is 0 Å². The number of nitrogens with zero attached hydrogens (tertiary/aromatic N) is 3. The molecule has 0 fully saturated rings. The van der Waals surface area contributed by atoms with Gasteiger partial charge >= 0.3 is 5.69 Å². The molecule has 144 valence electrons. The average molecular weight is 361 g/mol. The Balaban J connectivity index is 1.58. The van der Waals surface area contributed by atoms with Gasteiger partial charge in [-0.3, -0.25) is 10.1 Å². The molecule has 1 heterocycles. The van der Waals surface area contributed by atoms with E-state index in [4.69, 9.17) is 4.63 Å². The van der Waals surface area contributed by atoms with Crippen molar-refractivity contribution in [2.45, 2.75) is 90.4 Å². The summed E-state index contributed by atoms with van der Waals surface area (Å²) in [6, 6.07) is 3.28. The Morgan fingerprint density at radius 2 is 1.38 bits per heavy atom. The van der Waals surface area contributed by atoms with E-state index >= 15 is 0 Å². The maximum atomic E-state index is 11.0. The van der Waals surface area contributed by atoms with Crippen LogP contribution in [-0.2, 0) is 6.42 Å². The van der Waals surface area contributed by atoms with Crippen LogP contribution >= 0.6 is 0 Å². The molecular formula is C20H31N3O3. The standard InChI is InChI=1S/C20H31N3O3/c1-2-3-4-5-6-7-8-9-10-11-12-13-14-17-15-16-18(23(24)25)20-19(17)21-26-22-20/h15-16H,2-14H2,1H3. The molecule has 2 rings (SSSR count). The van der Waals surface area contributed by atoms with Crippen LogP contribution in [0.15, 0.2) is 16.8 Å². The summed E-state index contributed by atoms with van der Waals surface area (Å²) in [5, 5.41) is 18.5. The van der Waals surface area contributed by atoms with Gasteiger partial charge in [0.1, 0.15) is 5.52 Å². The fraction of sp³-hybridized carbons (Fsp3) is 0.700. The van der Waals surface area contributed by atoms with E-state index in [1.165, 1.54) is 76.7 Å². The van der Waals surface area contributed by atoms with Gasteiger partial charge in [0.2, 0.25) is 5.52 Å². The first-order valence-corrected chi connectivity index (χ1v) is 10.1. The van der Waals surface area contributed by atoms with Gasteiger partial charge in [-0.15, -0.1) is 0 Å². The number of nitro benzene ring substituents is 1. The molecule has 0 bridgehead atoms. The lowest BCUT2D eigenvalue weighted by atomic mass is 10.0. The summed E-state index contributed by atoms with van der Waals surface area (Å²) in [6.45, 7) is 2.26. The van der Waals surface area contributed by atoms with Crippen molar-refractivity contribution in [3.63, 3.8) is 0 Å². The lowest BCUT2D eigenvalue weighted by Gasteiger charge is -2.04. The van der Waals surface area contributed by atoms with Crippen molar-refractivity contribution < 1.29 is 9.55 Å². The lowest BCUT2D eigenvalue weighted by Crippen LogP contribution is -1.93. The predicted octanol–water partition coefficient (Wildman–Crippen LogP) is 6.37. The fourth-order valence-corrected chi connectivity index (χ4v) is 3.41. The normalized spacial score (nSPS) is 11.3. The largest absolute Gasteiger partial charge is 0.300 e. The molecule has 1 aromatic heterocycles. The molecule has 0 aliphatic heterocycles. The molecule has 0 unspecified atom stereocenters. The molecule has 0 aliphatic carbocycles. The predicted molar refractivity (Wildman–Crippen MR) is 103 cm³/mol. The minimum atomic E-state index is -0.444. The van der Waals surface area contributed by atoms with Crippen LogP contribution in [0.25, 0.3) is 11.0 Å². The van der Waals surface area contributed by atoms with Crippen LogP contribution in [0.5, 0.6) is 0 Å². The highest BCUT2D eigenvalue weighted by atomic mass is 16.6. The van der Waals surface area contributed by atoms with Gasteiger partial charge in [0.25, 0.3) is 0 Å². The van der Waals surface area contributed by atoms with Crippen molar-refractivity contribution in [3.8, 4) is 0 Å². The Hall–Kier alpha value is -1.98. The molecule has 0 aliphatic rings. The first-order chi connectivity index (χ1) is 12.7. The fourth-order valence-electron chi connectivity index (χ4n) is 3.41. The second-order valence-corrected chi connectivity index (χ2v) is 7.10. The number of unbranched alkanes of at least 4 members (excludes halogenated alkanes) is 11. The van der Waals surface area contributed by atoms with Gasteiger partial charge in [-0.25, -0.2) is 4.63 Å². The zero-order valence-electron chi connectivity index (χ0n) is 15.9. The SMILES string of the molecule is CCCCCCCCCCCCCCc1ccc([N+](=O)[O-])c2nonc12. The first kappa shape index (κ1) is 20.3. The van der Waals surface area contributed by atoms with Crippen LogP contribution in [0.2, 0.25) is 0 Å². The molecular weight excluding hydrogens is 330 g/mol. The van der Waals surface area contributed by atoms with Gasteiger partial charge in [0.15, 0.2) is 0 Å². The molecule has 6 nitrogen and oxygen atoms in total. The average Bonchev–Trinajstić information content (AvgIpc) is 3.12. The number of non-ortho nitro benzene ring substituents is 1. The Bertz CT molecular complexity index is 669. The van der Waals surface area contributed by atoms with Crippen molar-refractivity contribution in [3.05, 3.63) is 27.8 Å². The Kier molecular flexibility index (Phi) is 9.07. The topological polar surface area (TPSA) is 82.1 Å². The number of hydrogen-bond acceptors (Lipinski definition) is 5. The van der Waals surface area contributed by atoms with E-state index in [1.807, 2.05) is 0 Å². The van der Waals surface area contributed by atoms with E-state index in [9.17, 15) is 10.1 Å². The van der Waals surface area contributed by atoms with Gasteiger partial charge in [-0.1, -0.05) is 77.6 Å². The molecule has 6 heteroatoms. The van der Waals surface area contributed by atoms with E-state index in [0.29, 0.717) is 5.52 Å². The van der Waals surface area contributed by atoms with Gasteiger partial charge in [-0.2, -0.15) is 0 Å². The maximum Gasteiger partial charge on any atom is 0.300 e. The molecule has 0 atom stereocenters. The number of nitro groups is 1. The third-order valence-corrected chi connectivity index (χ3v) is 4.97. The third kappa shape index (κ3) is 6.39. The van der Waals surface area contributed by atoms with Crippen LogP contribution in [-0.4, -0.2) is 15.2 Å². The zero-order chi connectivity index (χ0) is 18.6. The first-order valence-electron chi connectivity index (χ1n) is 10.1. The molecule has 0 N–H and O–H groups in total. The second kappa shape index (κ2) is 11.6. The summed E-state index contributed by atoms with van der Waals surface area (Å²) in [4.78, 5) is 10.5. The molecule has 0 radical (unpaired) electrons. The molecule has 0 spiro atoms. The number of aromatic nitrogens is 2. The molecule has 2 aromatic rings. The molecule has 0 amide bonds. The number of hydrogen-bond donors (Lipinski definition) is 0. The van der Waals surface area contributed by atoms with Crippen molar-refractivity contribution >= 4 is 16.7 Å². The molecule has 1 aromatic carbocycles. The van der Waals surface area contributed by atoms with E-state index in [1.54, 1.807) is 6.07 Å². The van der Waals surface area contributed by atoms with Gasteiger partial charge in [-0.05, 0) is 34.8 Å². The summed E-state index contributed by atoms with van der Waals surface area (Å²) in [6.07, 6.45) is 16.6. The lowest BCUT2D eigenvalue weighted by molar-refractivity contribution is -0.383. The Morgan fingerprint density at radius 1 is 0.846 bits per heavy atom. The monoisotopic (exact) mass is 361 g/mol. The van der Waals surface area contributed by atoms with Crippen LogP contribution in [0, 0.1) is 10.1 Å². The quantitative estimate of drug-likeness (QED) is 0.222. The van der Waals surface area contributed by atoms with Crippen molar-refractivity contribution in [2.75, 3.05) is 0 Å². The van der Waals surface area contributed by atoms with Crippen LogP contribution in [0.4, 0.5) is 5.69 Å². The maximum absolute atomic E-state index is 11.0. The second-order valence-electron chi connectivity index (χ2n) is 7.10. The summed E-state index contributed by atoms with van der Waals surface area (Å²) >= 11 is 0. The van der Waals surface area contributed by atoms with Crippen molar-refractivity contribution in [2.24, 2.45) is 0 Å². The van der Waals surface area contributed by atoms with Crippen LogP contribution in [0.3, 0.4) is 0 Å². The minimum absolute atomic E-state index is 0.0419. The summed E-state index contributed by atoms with van der Waals surface area (Å²) in [5.74, 6) is 0. The Morgan fingerprint density at radius 3 is 1.96 bits per heavy atom. The zero-order valence-corrected chi connectivity index (χ0v) is 15.9. The smallest absolute Gasteiger partial charge is 0.258 e. The molecule has 0 saturated carbocycles. The molecule has 0 saturated heterocycles. The third-order valence-electron chi connectivity index (χ3n) is 4.97. The number of rotatable bonds is 14. The highest BCUT2D eigenvalue weighted by Gasteiger charge is 2.19. The van der Waals surface area contributed by atoms with Gasteiger partial charge < -0.3 is 0 Å². The summed E-state index contributed by atoms with van der Waals surface area (Å²) < 4.78 is 4.71. The summed E-state index contributed by atoms with van der Waals surface area (Å²) in [7, 11) is 0. The Labute approximate surface area is 155 Å². The van der Waals surface area contributed by atoms with Gasteiger partial charge in [0.05, 0.1) is 4.92 Å². The van der Waals surface area contributed by atoms with Crippen LogP contribution in [0.1, 0.15) is 89.5 Å². The van der Waals surface area contributed by atoms with Gasteiger partial charge in [0, 0.05) is 6.07 Å². The molecule has 26 heavy (non-hydrogen) atoms.